The summed E-state index contributed by atoms with van der Waals surface area (Å²) in [6.45, 7) is 3.82. The first-order chi connectivity index (χ1) is 27.8. The number of aliphatic hydroxyl groups is 5. The summed E-state index contributed by atoms with van der Waals surface area (Å²) in [7, 11) is 0. The molecule has 7 atom stereocenters. The monoisotopic (exact) mass is 812 g/mol. The first-order valence-corrected chi connectivity index (χ1v) is 24.4. The maximum Gasteiger partial charge on any atom is 0.220 e. The number of nitrogens with one attached hydrogen (secondary N) is 1. The van der Waals surface area contributed by atoms with E-state index >= 15 is 0 Å². The molecule has 0 aromatic carbocycles. The maximum atomic E-state index is 12.9. The van der Waals surface area contributed by atoms with Gasteiger partial charge in [-0.1, -0.05) is 199 Å². The number of ether oxygens (including phenoxy) is 2. The second kappa shape index (κ2) is 39.1. The minimum atomic E-state index is -1.55. The van der Waals surface area contributed by atoms with Crippen LogP contribution in [0.1, 0.15) is 232 Å². The van der Waals surface area contributed by atoms with Crippen LogP contribution in [0.5, 0.6) is 0 Å². The molecule has 0 aromatic heterocycles. The molecule has 6 N–H and O–H groups in total. The number of unbranched alkanes of at least 4 members (excludes halogenated alkanes) is 29. The van der Waals surface area contributed by atoms with Gasteiger partial charge in [0.05, 0.1) is 25.4 Å². The van der Waals surface area contributed by atoms with Gasteiger partial charge in [-0.3, -0.25) is 4.79 Å². The summed E-state index contributed by atoms with van der Waals surface area (Å²) < 4.78 is 11.3. The summed E-state index contributed by atoms with van der Waals surface area (Å²) in [5.41, 5.74) is 0. The Hall–Kier alpha value is -1.07. The van der Waals surface area contributed by atoms with E-state index < -0.39 is 49.5 Å². The number of allylic oxidation sites excluding steroid dienone is 2. The van der Waals surface area contributed by atoms with Gasteiger partial charge in [0.25, 0.3) is 0 Å². The molecule has 1 rings (SSSR count). The van der Waals surface area contributed by atoms with Crippen molar-refractivity contribution < 1.29 is 39.8 Å². The van der Waals surface area contributed by atoms with Gasteiger partial charge in [0.1, 0.15) is 24.4 Å². The molecule has 9 heteroatoms. The lowest BCUT2D eigenvalue weighted by molar-refractivity contribution is -0.302. The van der Waals surface area contributed by atoms with Crippen LogP contribution < -0.4 is 5.32 Å². The molecule has 7 unspecified atom stereocenters. The summed E-state index contributed by atoms with van der Waals surface area (Å²) in [6, 6.07) is -0.719. The quantitative estimate of drug-likeness (QED) is 0.0264. The zero-order valence-corrected chi connectivity index (χ0v) is 37.1. The molecular formula is C48H93NO8. The van der Waals surface area contributed by atoms with E-state index in [0.717, 1.165) is 51.4 Å². The Morgan fingerprint density at radius 1 is 0.579 bits per heavy atom. The smallest absolute Gasteiger partial charge is 0.220 e. The zero-order chi connectivity index (χ0) is 41.6. The molecule has 1 heterocycles. The Kier molecular flexibility index (Phi) is 37.0. The molecule has 0 saturated carbocycles. The van der Waals surface area contributed by atoms with Crippen LogP contribution in [-0.4, -0.2) is 87.5 Å². The van der Waals surface area contributed by atoms with E-state index in [1.54, 1.807) is 0 Å². The SMILES string of the molecule is CCCCC/C=C\CCCCCCCC(=O)NC(COC1OC(CO)C(O)C(O)C1O)C(O)CCCCCCCCCCCCCCCCCCCCCCCC. The van der Waals surface area contributed by atoms with Crippen LogP contribution in [0.4, 0.5) is 0 Å². The van der Waals surface area contributed by atoms with Crippen molar-refractivity contribution >= 4 is 5.91 Å². The van der Waals surface area contributed by atoms with Crippen LogP contribution in [0.15, 0.2) is 12.2 Å². The zero-order valence-electron chi connectivity index (χ0n) is 37.1. The molecule has 1 amide bonds. The Morgan fingerprint density at radius 3 is 1.46 bits per heavy atom. The van der Waals surface area contributed by atoms with Crippen LogP contribution in [0, 0.1) is 0 Å². The van der Waals surface area contributed by atoms with Crippen LogP contribution in [0.3, 0.4) is 0 Å². The number of amides is 1. The van der Waals surface area contributed by atoms with Crippen molar-refractivity contribution in [2.45, 2.75) is 275 Å². The molecule has 1 saturated heterocycles. The molecule has 0 radical (unpaired) electrons. The fourth-order valence-corrected chi connectivity index (χ4v) is 7.92. The number of hydrogen-bond acceptors (Lipinski definition) is 8. The molecule has 1 aliphatic heterocycles. The molecule has 1 fully saturated rings. The predicted octanol–water partition coefficient (Wildman–Crippen LogP) is 10.5. The fraction of sp³-hybridized carbons (Fsp3) is 0.938. The number of aliphatic hydroxyl groups excluding tert-OH is 5. The lowest BCUT2D eigenvalue weighted by Gasteiger charge is -2.40. The highest BCUT2D eigenvalue weighted by Crippen LogP contribution is 2.23. The number of carbonyl (C=O) groups excluding carboxylic acids is 1. The normalized spacial score (nSPS) is 21.0. The van der Waals surface area contributed by atoms with Gasteiger partial charge in [-0.25, -0.2) is 0 Å². The van der Waals surface area contributed by atoms with Crippen molar-refractivity contribution in [1.82, 2.24) is 5.32 Å². The molecule has 338 valence electrons. The summed E-state index contributed by atoms with van der Waals surface area (Å²) in [5, 5.41) is 54.4. The highest BCUT2D eigenvalue weighted by atomic mass is 16.7. The maximum absolute atomic E-state index is 12.9. The van der Waals surface area contributed by atoms with E-state index in [1.807, 2.05) is 0 Å². The van der Waals surface area contributed by atoms with Crippen molar-refractivity contribution in [1.29, 1.82) is 0 Å². The van der Waals surface area contributed by atoms with Crippen LogP contribution >= 0.6 is 0 Å². The molecule has 0 bridgehead atoms. The second-order valence-corrected chi connectivity index (χ2v) is 17.3. The highest BCUT2D eigenvalue weighted by molar-refractivity contribution is 5.76. The Balaban J connectivity index is 2.25. The van der Waals surface area contributed by atoms with Crippen molar-refractivity contribution in [3.63, 3.8) is 0 Å². The molecule has 1 aliphatic rings. The molecule has 57 heavy (non-hydrogen) atoms. The van der Waals surface area contributed by atoms with Crippen molar-refractivity contribution in [2.24, 2.45) is 0 Å². The Labute approximate surface area is 350 Å². The Morgan fingerprint density at radius 2 is 0.982 bits per heavy atom. The van der Waals surface area contributed by atoms with Gasteiger partial charge in [-0.05, 0) is 38.5 Å². The van der Waals surface area contributed by atoms with Gasteiger partial charge in [0, 0.05) is 6.42 Å². The molecule has 9 nitrogen and oxygen atoms in total. The fourth-order valence-electron chi connectivity index (χ4n) is 7.92. The van der Waals surface area contributed by atoms with E-state index in [1.165, 1.54) is 154 Å². The first-order valence-electron chi connectivity index (χ1n) is 24.4. The van der Waals surface area contributed by atoms with Gasteiger partial charge >= 0.3 is 0 Å². The summed E-state index contributed by atoms with van der Waals surface area (Å²) >= 11 is 0. The van der Waals surface area contributed by atoms with Gasteiger partial charge in [0.2, 0.25) is 5.91 Å². The third-order valence-corrected chi connectivity index (χ3v) is 11.9. The van der Waals surface area contributed by atoms with Crippen LogP contribution in [0.2, 0.25) is 0 Å². The topological polar surface area (TPSA) is 149 Å². The van der Waals surface area contributed by atoms with Gasteiger partial charge in [-0.15, -0.1) is 0 Å². The minimum absolute atomic E-state index is 0.138. The summed E-state index contributed by atoms with van der Waals surface area (Å²) in [6.07, 6.45) is 38.0. The van der Waals surface area contributed by atoms with E-state index in [4.69, 9.17) is 9.47 Å². The van der Waals surface area contributed by atoms with E-state index in [-0.39, 0.29) is 12.5 Å². The predicted molar refractivity (Wildman–Crippen MR) is 235 cm³/mol. The van der Waals surface area contributed by atoms with E-state index in [2.05, 4.69) is 31.3 Å². The van der Waals surface area contributed by atoms with Gasteiger partial charge in [-0.2, -0.15) is 0 Å². The number of carbonyl (C=O) groups is 1. The van der Waals surface area contributed by atoms with Crippen LogP contribution in [-0.2, 0) is 14.3 Å². The van der Waals surface area contributed by atoms with Crippen molar-refractivity contribution in [2.75, 3.05) is 13.2 Å². The average molecular weight is 812 g/mol. The van der Waals surface area contributed by atoms with Gasteiger partial charge < -0.3 is 40.3 Å². The largest absolute Gasteiger partial charge is 0.394 e. The molecule has 0 spiro atoms. The first kappa shape index (κ1) is 53.9. The summed E-state index contributed by atoms with van der Waals surface area (Å²) in [5.74, 6) is -0.152. The Bertz CT molecular complexity index is 904. The third-order valence-electron chi connectivity index (χ3n) is 11.9. The average Bonchev–Trinajstić information content (AvgIpc) is 3.21. The van der Waals surface area contributed by atoms with Crippen molar-refractivity contribution in [3.8, 4) is 0 Å². The van der Waals surface area contributed by atoms with E-state index in [0.29, 0.717) is 12.8 Å². The standard InChI is InChI=1S/C48H93NO8/c1-3-5-7-9-11-13-15-17-18-19-20-21-22-23-24-25-26-27-29-31-33-35-37-42(51)41(40-56-48-47(55)46(54)45(53)43(39-50)57-48)49-44(52)38-36-34-32-30-28-16-14-12-10-8-6-4-2/h12,14,41-43,45-48,50-51,53-55H,3-11,13,15-40H2,1-2H3,(H,49,52)/b14-12-. The summed E-state index contributed by atoms with van der Waals surface area (Å²) in [4.78, 5) is 12.9. The highest BCUT2D eigenvalue weighted by Gasteiger charge is 2.44. The second-order valence-electron chi connectivity index (χ2n) is 17.3. The van der Waals surface area contributed by atoms with Crippen LogP contribution in [0.25, 0.3) is 0 Å². The van der Waals surface area contributed by atoms with E-state index in [9.17, 15) is 30.3 Å². The molecule has 0 aliphatic carbocycles. The van der Waals surface area contributed by atoms with Gasteiger partial charge in [0.15, 0.2) is 6.29 Å². The lowest BCUT2D eigenvalue weighted by Crippen LogP contribution is -2.60. The number of rotatable bonds is 41. The molecule has 0 aromatic rings. The third kappa shape index (κ3) is 29.7. The van der Waals surface area contributed by atoms with Crippen molar-refractivity contribution in [3.05, 3.63) is 12.2 Å². The lowest BCUT2D eigenvalue weighted by atomic mass is 9.99. The number of hydrogen-bond donors (Lipinski definition) is 6. The molecular weight excluding hydrogens is 719 g/mol. The minimum Gasteiger partial charge on any atom is -0.394 e.